The summed E-state index contributed by atoms with van der Waals surface area (Å²) in [7, 11) is 0. The number of hydrogen-bond donors (Lipinski definition) is 1. The van der Waals surface area contributed by atoms with Crippen LogP contribution in [0.2, 0.25) is 10.0 Å². The summed E-state index contributed by atoms with van der Waals surface area (Å²) in [5.74, 6) is 0. The maximum atomic E-state index is 6.05. The minimum atomic E-state index is 0.555. The van der Waals surface area contributed by atoms with E-state index in [-0.39, 0.29) is 0 Å². The van der Waals surface area contributed by atoms with Gasteiger partial charge in [0.1, 0.15) is 0 Å². The van der Waals surface area contributed by atoms with Crippen LogP contribution in [0.4, 0.5) is 0 Å². The Morgan fingerprint density at radius 1 is 1.28 bits per heavy atom. The van der Waals surface area contributed by atoms with Gasteiger partial charge in [0.15, 0.2) is 0 Å². The van der Waals surface area contributed by atoms with E-state index in [1.165, 1.54) is 4.88 Å². The predicted molar refractivity (Wildman–Crippen MR) is 79.7 cm³/mol. The van der Waals surface area contributed by atoms with Crippen molar-refractivity contribution < 1.29 is 0 Å². The molecule has 2 rings (SSSR count). The van der Waals surface area contributed by atoms with Crippen molar-refractivity contribution in [1.82, 2.24) is 4.98 Å². The smallest absolute Gasteiger partial charge is 0.0932 e. The number of thiazole rings is 1. The van der Waals surface area contributed by atoms with Gasteiger partial charge in [-0.05, 0) is 31.5 Å². The van der Waals surface area contributed by atoms with Gasteiger partial charge in [-0.15, -0.1) is 11.3 Å². The monoisotopic (exact) mass is 300 g/mol. The van der Waals surface area contributed by atoms with E-state index in [9.17, 15) is 0 Å². The van der Waals surface area contributed by atoms with E-state index in [4.69, 9.17) is 28.9 Å². The fourth-order valence-electron chi connectivity index (χ4n) is 1.72. The van der Waals surface area contributed by atoms with Crippen LogP contribution in [0.5, 0.6) is 0 Å². The van der Waals surface area contributed by atoms with Crippen molar-refractivity contribution >= 4 is 34.5 Å². The first kappa shape index (κ1) is 13.8. The number of hydrogen-bond acceptors (Lipinski definition) is 3. The van der Waals surface area contributed by atoms with Crippen LogP contribution in [-0.2, 0) is 12.8 Å². The third kappa shape index (κ3) is 2.86. The van der Waals surface area contributed by atoms with E-state index >= 15 is 0 Å². The van der Waals surface area contributed by atoms with Crippen molar-refractivity contribution in [2.45, 2.75) is 19.8 Å². The molecule has 0 aliphatic rings. The Labute approximate surface area is 121 Å². The number of rotatable bonds is 4. The molecule has 0 amide bonds. The number of halogens is 2. The van der Waals surface area contributed by atoms with Gasteiger partial charge in [-0.1, -0.05) is 36.2 Å². The van der Waals surface area contributed by atoms with Gasteiger partial charge in [0.25, 0.3) is 0 Å². The number of nitrogens with zero attached hydrogens (tertiary/aromatic N) is 1. The fraction of sp³-hybridized carbons (Fsp3) is 0.308. The Bertz CT molecular complexity index is 552. The third-order valence-electron chi connectivity index (χ3n) is 2.61. The highest BCUT2D eigenvalue weighted by Gasteiger charge is 2.12. The largest absolute Gasteiger partial charge is 0.330 e. The Morgan fingerprint density at radius 2 is 2.06 bits per heavy atom. The van der Waals surface area contributed by atoms with E-state index in [1.807, 2.05) is 12.1 Å². The standard InChI is InChI=1S/C13H14Cl2N2S/c1-2-12-17-13(11(18-12)5-6-16)8-3-4-9(14)10(15)7-8/h3-4,7H,2,5-6,16H2,1H3. The number of aromatic nitrogens is 1. The zero-order valence-corrected chi connectivity index (χ0v) is 12.4. The van der Waals surface area contributed by atoms with Crippen LogP contribution in [0.25, 0.3) is 11.3 Å². The van der Waals surface area contributed by atoms with Gasteiger partial charge in [-0.3, -0.25) is 0 Å². The highest BCUT2D eigenvalue weighted by Crippen LogP contribution is 2.32. The summed E-state index contributed by atoms with van der Waals surface area (Å²) in [6.07, 6.45) is 1.77. The number of nitrogens with two attached hydrogens (primary N) is 1. The van der Waals surface area contributed by atoms with Crippen molar-refractivity contribution in [3.8, 4) is 11.3 Å². The SMILES string of the molecule is CCc1nc(-c2ccc(Cl)c(Cl)c2)c(CCN)s1. The molecule has 0 unspecified atom stereocenters. The van der Waals surface area contributed by atoms with Gasteiger partial charge in [0, 0.05) is 10.4 Å². The lowest BCUT2D eigenvalue weighted by Gasteiger charge is -2.03. The predicted octanol–water partition coefficient (Wildman–Crippen LogP) is 4.18. The molecule has 18 heavy (non-hydrogen) atoms. The molecule has 2 aromatic rings. The molecule has 0 aliphatic carbocycles. The van der Waals surface area contributed by atoms with Gasteiger partial charge >= 0.3 is 0 Å². The van der Waals surface area contributed by atoms with Crippen LogP contribution in [-0.4, -0.2) is 11.5 Å². The zero-order chi connectivity index (χ0) is 13.1. The topological polar surface area (TPSA) is 38.9 Å². The molecule has 1 heterocycles. The molecule has 1 aromatic carbocycles. The first-order valence-electron chi connectivity index (χ1n) is 5.79. The molecule has 5 heteroatoms. The Balaban J connectivity index is 2.47. The zero-order valence-electron chi connectivity index (χ0n) is 10.0. The second-order valence-corrected chi connectivity index (χ2v) is 5.88. The minimum absolute atomic E-state index is 0.555. The summed E-state index contributed by atoms with van der Waals surface area (Å²) in [5, 5.41) is 2.24. The summed E-state index contributed by atoms with van der Waals surface area (Å²) in [6.45, 7) is 2.73. The van der Waals surface area contributed by atoms with Crippen molar-refractivity contribution in [2.75, 3.05) is 6.54 Å². The third-order valence-corrected chi connectivity index (χ3v) is 4.61. The van der Waals surface area contributed by atoms with Gasteiger partial charge in [0.2, 0.25) is 0 Å². The molecule has 0 atom stereocenters. The summed E-state index contributed by atoms with van der Waals surface area (Å²) in [6, 6.07) is 5.61. The molecule has 0 spiro atoms. The molecule has 2 nitrogen and oxygen atoms in total. The molecular weight excluding hydrogens is 287 g/mol. The summed E-state index contributed by atoms with van der Waals surface area (Å²) in [4.78, 5) is 5.87. The lowest BCUT2D eigenvalue weighted by atomic mass is 10.1. The van der Waals surface area contributed by atoms with Crippen LogP contribution in [0, 0.1) is 0 Å². The molecule has 0 aliphatic heterocycles. The highest BCUT2D eigenvalue weighted by atomic mass is 35.5. The first-order valence-corrected chi connectivity index (χ1v) is 7.37. The van der Waals surface area contributed by atoms with Crippen molar-refractivity contribution in [2.24, 2.45) is 5.73 Å². The maximum absolute atomic E-state index is 6.05. The van der Waals surface area contributed by atoms with Crippen molar-refractivity contribution in [3.05, 3.63) is 38.1 Å². The van der Waals surface area contributed by atoms with Crippen LogP contribution in [0.15, 0.2) is 18.2 Å². The molecule has 1 aromatic heterocycles. The van der Waals surface area contributed by atoms with Crippen LogP contribution < -0.4 is 5.73 Å². The van der Waals surface area contributed by atoms with Crippen LogP contribution >= 0.6 is 34.5 Å². The van der Waals surface area contributed by atoms with E-state index in [2.05, 4.69) is 11.9 Å². The molecule has 0 bridgehead atoms. The van der Waals surface area contributed by atoms with E-state index < -0.39 is 0 Å². The molecule has 96 valence electrons. The lowest BCUT2D eigenvalue weighted by Crippen LogP contribution is -2.02. The average molecular weight is 301 g/mol. The van der Waals surface area contributed by atoms with Gasteiger partial charge in [0.05, 0.1) is 20.7 Å². The minimum Gasteiger partial charge on any atom is -0.330 e. The average Bonchev–Trinajstić information content (AvgIpc) is 2.76. The van der Waals surface area contributed by atoms with Crippen LogP contribution in [0.1, 0.15) is 16.8 Å². The van der Waals surface area contributed by atoms with Crippen molar-refractivity contribution in [3.63, 3.8) is 0 Å². The quantitative estimate of drug-likeness (QED) is 0.920. The first-order chi connectivity index (χ1) is 8.65. The molecule has 0 fully saturated rings. The summed E-state index contributed by atoms with van der Waals surface area (Å²) >= 11 is 13.7. The van der Waals surface area contributed by atoms with E-state index in [0.717, 1.165) is 29.1 Å². The van der Waals surface area contributed by atoms with E-state index in [1.54, 1.807) is 17.4 Å². The molecule has 0 radical (unpaired) electrons. The molecule has 0 saturated carbocycles. The molecule has 2 N–H and O–H groups in total. The normalized spacial score (nSPS) is 10.9. The second kappa shape index (κ2) is 6.02. The van der Waals surface area contributed by atoms with Crippen LogP contribution in [0.3, 0.4) is 0 Å². The van der Waals surface area contributed by atoms with Gasteiger partial charge in [-0.2, -0.15) is 0 Å². The Hall–Kier alpha value is -0.610. The number of benzene rings is 1. The second-order valence-electron chi connectivity index (χ2n) is 3.90. The lowest BCUT2D eigenvalue weighted by molar-refractivity contribution is 0.985. The van der Waals surface area contributed by atoms with Gasteiger partial charge < -0.3 is 5.73 Å². The highest BCUT2D eigenvalue weighted by molar-refractivity contribution is 7.12. The fourth-order valence-corrected chi connectivity index (χ4v) is 3.07. The Morgan fingerprint density at radius 3 is 2.67 bits per heavy atom. The summed E-state index contributed by atoms with van der Waals surface area (Å²) < 4.78 is 0. The molecular formula is C13H14Cl2N2S. The summed E-state index contributed by atoms with van der Waals surface area (Å²) in [5.41, 5.74) is 7.63. The molecule has 0 saturated heterocycles. The Kier molecular flexibility index (Phi) is 4.62. The number of aryl methyl sites for hydroxylation is 1. The van der Waals surface area contributed by atoms with Gasteiger partial charge in [-0.25, -0.2) is 4.98 Å². The van der Waals surface area contributed by atoms with Crippen molar-refractivity contribution in [1.29, 1.82) is 0 Å². The van der Waals surface area contributed by atoms with E-state index in [0.29, 0.717) is 16.6 Å². The maximum Gasteiger partial charge on any atom is 0.0932 e.